The van der Waals surface area contributed by atoms with Crippen molar-refractivity contribution in [1.82, 2.24) is 15.0 Å². The van der Waals surface area contributed by atoms with E-state index < -0.39 is 9.84 Å². The van der Waals surface area contributed by atoms with Gasteiger partial charge in [0.1, 0.15) is 5.65 Å². The number of benzene rings is 3. The average Bonchev–Trinajstić information content (AvgIpc) is 3.66. The van der Waals surface area contributed by atoms with Gasteiger partial charge in [0, 0.05) is 58.2 Å². The second-order valence-electron chi connectivity index (χ2n) is 10.5. The van der Waals surface area contributed by atoms with Gasteiger partial charge in [-0.3, -0.25) is 4.98 Å². The largest absolute Gasteiger partial charge is 0.396 e. The highest BCUT2D eigenvalue weighted by Gasteiger charge is 2.20. The van der Waals surface area contributed by atoms with E-state index in [0.29, 0.717) is 16.9 Å². The number of rotatable bonds is 8. The number of nitrogens with zero attached hydrogens (tertiary/aromatic N) is 4. The Hall–Kier alpha value is -4.99. The van der Waals surface area contributed by atoms with Crippen molar-refractivity contribution in [3.63, 3.8) is 0 Å². The van der Waals surface area contributed by atoms with Gasteiger partial charge in [0.15, 0.2) is 9.84 Å². The normalized spacial score (nSPS) is 14.9. The summed E-state index contributed by atoms with van der Waals surface area (Å²) in [5, 5.41) is 19.6. The van der Waals surface area contributed by atoms with Crippen LogP contribution in [0.15, 0.2) is 125 Å². The van der Waals surface area contributed by atoms with E-state index in [1.54, 1.807) is 36.7 Å². The van der Waals surface area contributed by atoms with Crippen LogP contribution in [0.5, 0.6) is 0 Å². The standard InChI is InChI=1S/C34H27N5O3S/c40-17-14-26-19-31(39-38-26)24-9-7-23(8-10-24)29-20-36-34-33(32(29)25-12-15-35-16-13-25)28-18-22(6-11-30(28)37-34)21-43(41,42)27-4-2-1-3-5-27/h1-13,15-16,18-20,26,40H,14,17,21H2,(H,36,37). The lowest BCUT2D eigenvalue weighted by Gasteiger charge is -2.13. The smallest absolute Gasteiger partial charge is 0.182 e. The number of nitrogens with one attached hydrogen (secondary N) is 1. The van der Waals surface area contributed by atoms with Crippen molar-refractivity contribution in [2.75, 3.05) is 6.61 Å². The van der Waals surface area contributed by atoms with Crippen molar-refractivity contribution >= 4 is 37.5 Å². The van der Waals surface area contributed by atoms with Gasteiger partial charge in [-0.25, -0.2) is 13.4 Å². The van der Waals surface area contributed by atoms with Crippen LogP contribution < -0.4 is 0 Å². The second kappa shape index (κ2) is 11.0. The molecule has 212 valence electrons. The summed E-state index contributed by atoms with van der Waals surface area (Å²) in [6, 6.07) is 26.2. The molecule has 0 saturated heterocycles. The number of aromatic nitrogens is 3. The first-order valence-corrected chi connectivity index (χ1v) is 15.6. The Morgan fingerprint density at radius 2 is 1.63 bits per heavy atom. The lowest BCUT2D eigenvalue weighted by Crippen LogP contribution is -2.04. The summed E-state index contributed by atoms with van der Waals surface area (Å²) in [5.74, 6) is -0.106. The lowest BCUT2D eigenvalue weighted by atomic mass is 9.92. The second-order valence-corrected chi connectivity index (χ2v) is 12.5. The molecule has 4 heterocycles. The molecular weight excluding hydrogens is 558 g/mol. The molecule has 8 nitrogen and oxygen atoms in total. The zero-order valence-electron chi connectivity index (χ0n) is 23.1. The summed E-state index contributed by atoms with van der Waals surface area (Å²) in [4.78, 5) is 12.8. The molecule has 1 aliphatic rings. The number of fused-ring (bicyclic) bond motifs is 3. The van der Waals surface area contributed by atoms with Crippen molar-refractivity contribution in [3.05, 3.63) is 121 Å². The molecule has 6 aromatic rings. The fourth-order valence-electron chi connectivity index (χ4n) is 5.59. The molecule has 0 radical (unpaired) electrons. The van der Waals surface area contributed by atoms with E-state index in [1.165, 1.54) is 0 Å². The van der Waals surface area contributed by atoms with Crippen molar-refractivity contribution in [1.29, 1.82) is 0 Å². The number of H-pyrrole nitrogens is 1. The maximum absolute atomic E-state index is 13.2. The molecule has 1 unspecified atom stereocenters. The average molecular weight is 586 g/mol. The Morgan fingerprint density at radius 1 is 0.860 bits per heavy atom. The minimum Gasteiger partial charge on any atom is -0.396 e. The first-order chi connectivity index (χ1) is 21.0. The first-order valence-electron chi connectivity index (χ1n) is 14.0. The van der Waals surface area contributed by atoms with Crippen LogP contribution in [0.2, 0.25) is 0 Å². The van der Waals surface area contributed by atoms with Gasteiger partial charge in [-0.1, -0.05) is 48.5 Å². The monoisotopic (exact) mass is 585 g/mol. The zero-order valence-corrected chi connectivity index (χ0v) is 23.9. The van der Waals surface area contributed by atoms with Crippen LogP contribution in [0.1, 0.15) is 17.5 Å². The third kappa shape index (κ3) is 5.13. The van der Waals surface area contributed by atoms with E-state index in [-0.39, 0.29) is 18.4 Å². The number of azo groups is 1. The van der Waals surface area contributed by atoms with E-state index in [1.807, 2.05) is 72.9 Å². The number of hydrogen-bond acceptors (Lipinski definition) is 7. The molecule has 9 heteroatoms. The Morgan fingerprint density at radius 3 is 2.40 bits per heavy atom. The van der Waals surface area contributed by atoms with E-state index >= 15 is 0 Å². The van der Waals surface area contributed by atoms with Gasteiger partial charge in [-0.05, 0) is 65.6 Å². The predicted octanol–water partition coefficient (Wildman–Crippen LogP) is 6.98. The van der Waals surface area contributed by atoms with E-state index in [0.717, 1.165) is 55.5 Å². The van der Waals surface area contributed by atoms with Gasteiger partial charge in [0.2, 0.25) is 0 Å². The van der Waals surface area contributed by atoms with Crippen LogP contribution in [0.3, 0.4) is 0 Å². The molecule has 3 aromatic carbocycles. The van der Waals surface area contributed by atoms with Gasteiger partial charge in [0.05, 0.1) is 22.4 Å². The van der Waals surface area contributed by atoms with Gasteiger partial charge in [-0.15, -0.1) is 0 Å². The van der Waals surface area contributed by atoms with Gasteiger partial charge < -0.3 is 10.1 Å². The topological polar surface area (TPSA) is 121 Å². The molecule has 0 fully saturated rings. The van der Waals surface area contributed by atoms with E-state index in [2.05, 4.69) is 20.2 Å². The highest BCUT2D eigenvalue weighted by molar-refractivity contribution is 7.90. The molecule has 2 N–H and O–H groups in total. The molecule has 1 atom stereocenters. The SMILES string of the molecule is O=S(=O)(Cc1ccc2[nH]c3ncc(-c4ccc(C5=CC(CCO)N=N5)cc4)c(-c4ccncc4)c3c2c1)c1ccccc1. The number of aromatic amines is 1. The number of hydrogen-bond donors (Lipinski definition) is 2. The maximum atomic E-state index is 13.2. The number of aliphatic hydroxyl groups excluding tert-OH is 1. The van der Waals surface area contributed by atoms with Crippen LogP contribution in [0.25, 0.3) is 49.9 Å². The van der Waals surface area contributed by atoms with Gasteiger partial charge >= 0.3 is 0 Å². The fourth-order valence-corrected chi connectivity index (χ4v) is 6.95. The Kier molecular flexibility index (Phi) is 6.89. The van der Waals surface area contributed by atoms with Crippen molar-refractivity contribution in [2.45, 2.75) is 23.1 Å². The summed E-state index contributed by atoms with van der Waals surface area (Å²) in [5.41, 5.74) is 7.91. The number of aliphatic hydroxyl groups is 1. The van der Waals surface area contributed by atoms with Crippen molar-refractivity contribution < 1.29 is 13.5 Å². The quantitative estimate of drug-likeness (QED) is 0.200. The molecule has 0 saturated carbocycles. The summed E-state index contributed by atoms with van der Waals surface area (Å²) in [6.45, 7) is 0.0673. The summed E-state index contributed by atoms with van der Waals surface area (Å²) < 4.78 is 26.4. The maximum Gasteiger partial charge on any atom is 0.182 e. The fraction of sp³-hybridized carbons (Fsp3) is 0.118. The minimum absolute atomic E-state index is 0.0673. The highest BCUT2D eigenvalue weighted by Crippen LogP contribution is 2.41. The van der Waals surface area contributed by atoms with Crippen molar-refractivity contribution in [2.24, 2.45) is 10.2 Å². The molecule has 0 amide bonds. The predicted molar refractivity (Wildman–Crippen MR) is 168 cm³/mol. The molecule has 0 bridgehead atoms. The molecule has 3 aromatic heterocycles. The zero-order chi connectivity index (χ0) is 29.4. The molecule has 1 aliphatic heterocycles. The lowest BCUT2D eigenvalue weighted by molar-refractivity contribution is 0.283. The molecule has 0 spiro atoms. The minimum atomic E-state index is -3.52. The van der Waals surface area contributed by atoms with E-state index in [4.69, 9.17) is 4.98 Å². The Bertz CT molecular complexity index is 2120. The Labute approximate surface area is 248 Å². The highest BCUT2D eigenvalue weighted by atomic mass is 32.2. The van der Waals surface area contributed by atoms with Crippen molar-refractivity contribution in [3.8, 4) is 22.3 Å². The third-order valence-corrected chi connectivity index (χ3v) is 9.40. The number of sulfone groups is 1. The number of pyridine rings is 2. The molecule has 7 rings (SSSR count). The van der Waals surface area contributed by atoms with Crippen LogP contribution in [0.4, 0.5) is 0 Å². The summed E-state index contributed by atoms with van der Waals surface area (Å²) >= 11 is 0. The van der Waals surface area contributed by atoms with Crippen LogP contribution in [-0.2, 0) is 15.6 Å². The first kappa shape index (κ1) is 26.9. The molecule has 43 heavy (non-hydrogen) atoms. The van der Waals surface area contributed by atoms with Gasteiger partial charge in [-0.2, -0.15) is 10.2 Å². The Balaban J connectivity index is 1.35. The summed E-state index contributed by atoms with van der Waals surface area (Å²) in [7, 11) is -3.52. The van der Waals surface area contributed by atoms with Crippen LogP contribution in [-0.4, -0.2) is 41.1 Å². The van der Waals surface area contributed by atoms with E-state index in [9.17, 15) is 13.5 Å². The van der Waals surface area contributed by atoms with Crippen LogP contribution in [0, 0.1) is 0 Å². The third-order valence-electron chi connectivity index (χ3n) is 7.69. The summed E-state index contributed by atoms with van der Waals surface area (Å²) in [6.07, 6.45) is 7.93. The molecular formula is C34H27N5O3S. The van der Waals surface area contributed by atoms with Crippen LogP contribution >= 0.6 is 0 Å². The van der Waals surface area contributed by atoms with Gasteiger partial charge in [0.25, 0.3) is 0 Å². The molecule has 0 aliphatic carbocycles.